The molecule has 7 heteroatoms. The largest absolute Gasteiger partial charge is 0.316 e. The van der Waals surface area contributed by atoms with E-state index in [0.29, 0.717) is 11.3 Å². The molecule has 1 fully saturated rings. The number of hydrogen-bond acceptors (Lipinski definition) is 4. The van der Waals surface area contributed by atoms with Gasteiger partial charge in [-0.05, 0) is 43.7 Å². The Hall–Kier alpha value is -1.11. The SMILES string of the molecule is CS(=O)(=O)Nc1ccc(C(=O)C2CCCNC2)cc1.Cl. The molecule has 1 unspecified atom stereocenters. The molecule has 0 radical (unpaired) electrons. The summed E-state index contributed by atoms with van der Waals surface area (Å²) in [7, 11) is -3.28. The number of anilines is 1. The Morgan fingerprint density at radius 3 is 2.45 bits per heavy atom. The van der Waals surface area contributed by atoms with Gasteiger partial charge in [0.1, 0.15) is 0 Å². The molecule has 2 rings (SSSR count). The molecule has 1 aromatic carbocycles. The standard InChI is InChI=1S/C13H18N2O3S.ClH/c1-19(17,18)15-12-6-4-10(5-7-12)13(16)11-3-2-8-14-9-11;/h4-7,11,14-15H,2-3,8-9H2,1H3;1H. The van der Waals surface area contributed by atoms with Crippen LogP contribution in [0.25, 0.3) is 0 Å². The molecule has 0 bridgehead atoms. The van der Waals surface area contributed by atoms with E-state index in [2.05, 4.69) is 10.0 Å². The molecule has 0 saturated carbocycles. The maximum absolute atomic E-state index is 12.2. The number of carbonyl (C=O) groups is 1. The molecule has 112 valence electrons. The summed E-state index contributed by atoms with van der Waals surface area (Å²) in [5.41, 5.74) is 1.11. The van der Waals surface area contributed by atoms with E-state index in [9.17, 15) is 13.2 Å². The highest BCUT2D eigenvalue weighted by atomic mass is 35.5. The first-order valence-electron chi connectivity index (χ1n) is 6.28. The third-order valence-corrected chi connectivity index (χ3v) is 3.75. The molecule has 0 aromatic heterocycles. The lowest BCUT2D eigenvalue weighted by Crippen LogP contribution is -2.34. The van der Waals surface area contributed by atoms with Gasteiger partial charge in [0.05, 0.1) is 6.26 Å². The number of rotatable bonds is 4. The van der Waals surface area contributed by atoms with Crippen molar-refractivity contribution in [3.63, 3.8) is 0 Å². The monoisotopic (exact) mass is 318 g/mol. The summed E-state index contributed by atoms with van der Waals surface area (Å²) in [6.07, 6.45) is 3.03. The lowest BCUT2D eigenvalue weighted by Gasteiger charge is -2.21. The van der Waals surface area contributed by atoms with Gasteiger partial charge < -0.3 is 5.32 Å². The number of carbonyl (C=O) groups excluding carboxylic acids is 1. The Balaban J connectivity index is 0.00000200. The third-order valence-electron chi connectivity index (χ3n) is 3.14. The van der Waals surface area contributed by atoms with E-state index in [1.807, 2.05) is 0 Å². The van der Waals surface area contributed by atoms with Gasteiger partial charge in [-0.15, -0.1) is 12.4 Å². The second-order valence-electron chi connectivity index (χ2n) is 4.86. The second-order valence-corrected chi connectivity index (χ2v) is 6.61. The number of benzene rings is 1. The van der Waals surface area contributed by atoms with E-state index in [4.69, 9.17) is 0 Å². The van der Waals surface area contributed by atoms with Crippen LogP contribution in [-0.4, -0.2) is 33.5 Å². The third kappa shape index (κ3) is 4.77. The van der Waals surface area contributed by atoms with Crippen LogP contribution in [0.5, 0.6) is 0 Å². The molecule has 0 aliphatic carbocycles. The quantitative estimate of drug-likeness (QED) is 0.828. The average Bonchev–Trinajstić information content (AvgIpc) is 2.38. The first kappa shape index (κ1) is 16.9. The summed E-state index contributed by atoms with van der Waals surface area (Å²) >= 11 is 0. The minimum Gasteiger partial charge on any atom is -0.316 e. The van der Waals surface area contributed by atoms with Gasteiger partial charge in [0.2, 0.25) is 10.0 Å². The normalized spacial score (nSPS) is 18.9. The molecule has 20 heavy (non-hydrogen) atoms. The van der Waals surface area contributed by atoms with Crippen LogP contribution in [0.2, 0.25) is 0 Å². The number of ketones is 1. The van der Waals surface area contributed by atoms with Crippen LogP contribution < -0.4 is 10.0 Å². The number of sulfonamides is 1. The summed E-state index contributed by atoms with van der Waals surface area (Å²) in [5, 5.41) is 3.22. The molecule has 5 nitrogen and oxygen atoms in total. The van der Waals surface area contributed by atoms with Gasteiger partial charge in [-0.2, -0.15) is 0 Å². The van der Waals surface area contributed by atoms with Crippen LogP contribution in [0.15, 0.2) is 24.3 Å². The Bertz CT molecular complexity index is 551. The highest BCUT2D eigenvalue weighted by Gasteiger charge is 2.21. The zero-order valence-corrected chi connectivity index (χ0v) is 12.9. The van der Waals surface area contributed by atoms with Crippen molar-refractivity contribution in [1.29, 1.82) is 0 Å². The summed E-state index contributed by atoms with van der Waals surface area (Å²) < 4.78 is 24.5. The Morgan fingerprint density at radius 1 is 1.30 bits per heavy atom. The topological polar surface area (TPSA) is 75.3 Å². The van der Waals surface area contributed by atoms with E-state index in [1.165, 1.54) is 0 Å². The van der Waals surface area contributed by atoms with E-state index in [0.717, 1.165) is 32.2 Å². The van der Waals surface area contributed by atoms with Crippen molar-refractivity contribution in [3.05, 3.63) is 29.8 Å². The molecular formula is C13H19ClN2O3S. The molecule has 1 heterocycles. The summed E-state index contributed by atoms with van der Waals surface area (Å²) in [6.45, 7) is 1.70. The second kappa shape index (κ2) is 7.06. The Morgan fingerprint density at radius 2 is 1.95 bits per heavy atom. The molecule has 1 saturated heterocycles. The van der Waals surface area contributed by atoms with Gasteiger partial charge in [0, 0.05) is 23.7 Å². The van der Waals surface area contributed by atoms with Crippen molar-refractivity contribution in [1.82, 2.24) is 5.32 Å². The average molecular weight is 319 g/mol. The molecule has 1 aliphatic rings. The number of halogens is 1. The minimum absolute atomic E-state index is 0. The summed E-state index contributed by atoms with van der Waals surface area (Å²) in [6, 6.07) is 6.57. The molecule has 1 aromatic rings. The van der Waals surface area contributed by atoms with E-state index >= 15 is 0 Å². The van der Waals surface area contributed by atoms with Gasteiger partial charge in [-0.25, -0.2) is 8.42 Å². The zero-order chi connectivity index (χ0) is 13.9. The Kier molecular flexibility index (Phi) is 5.98. The number of hydrogen-bond donors (Lipinski definition) is 2. The van der Waals surface area contributed by atoms with Crippen LogP contribution in [0.4, 0.5) is 5.69 Å². The van der Waals surface area contributed by atoms with E-state index in [1.54, 1.807) is 24.3 Å². The van der Waals surface area contributed by atoms with Gasteiger partial charge in [0.15, 0.2) is 5.78 Å². The van der Waals surface area contributed by atoms with Crippen molar-refractivity contribution < 1.29 is 13.2 Å². The Labute approximate surface area is 125 Å². The van der Waals surface area contributed by atoms with Crippen molar-refractivity contribution in [2.75, 3.05) is 24.1 Å². The van der Waals surface area contributed by atoms with Crippen molar-refractivity contribution >= 4 is 33.9 Å². The summed E-state index contributed by atoms with van der Waals surface area (Å²) in [4.78, 5) is 12.2. The first-order valence-corrected chi connectivity index (χ1v) is 8.17. The molecule has 2 N–H and O–H groups in total. The molecule has 0 amide bonds. The maximum atomic E-state index is 12.2. The van der Waals surface area contributed by atoms with Gasteiger partial charge in [-0.3, -0.25) is 9.52 Å². The van der Waals surface area contributed by atoms with E-state index < -0.39 is 10.0 Å². The van der Waals surface area contributed by atoms with Gasteiger partial charge in [0.25, 0.3) is 0 Å². The van der Waals surface area contributed by atoms with Crippen LogP contribution in [0.3, 0.4) is 0 Å². The van der Waals surface area contributed by atoms with Crippen molar-refractivity contribution in [3.8, 4) is 0 Å². The highest BCUT2D eigenvalue weighted by Crippen LogP contribution is 2.18. The minimum atomic E-state index is -3.28. The van der Waals surface area contributed by atoms with Crippen LogP contribution in [-0.2, 0) is 10.0 Å². The predicted molar refractivity (Wildman–Crippen MR) is 82.1 cm³/mol. The van der Waals surface area contributed by atoms with Crippen LogP contribution in [0.1, 0.15) is 23.2 Å². The predicted octanol–water partition coefficient (Wildman–Crippen LogP) is 1.66. The van der Waals surface area contributed by atoms with Crippen molar-refractivity contribution in [2.45, 2.75) is 12.8 Å². The molecular weight excluding hydrogens is 300 g/mol. The van der Waals surface area contributed by atoms with Crippen LogP contribution in [0, 0.1) is 5.92 Å². The lowest BCUT2D eigenvalue weighted by atomic mass is 9.91. The van der Waals surface area contributed by atoms with Gasteiger partial charge in [-0.1, -0.05) is 0 Å². The maximum Gasteiger partial charge on any atom is 0.229 e. The smallest absolute Gasteiger partial charge is 0.229 e. The summed E-state index contributed by atoms with van der Waals surface area (Å²) in [5.74, 6) is 0.153. The van der Waals surface area contributed by atoms with E-state index in [-0.39, 0.29) is 24.1 Å². The number of Topliss-reactive ketones (excluding diaryl/α,β-unsaturated/α-hetero) is 1. The first-order chi connectivity index (χ1) is 8.96. The molecule has 0 spiro atoms. The highest BCUT2D eigenvalue weighted by molar-refractivity contribution is 7.92. The van der Waals surface area contributed by atoms with Crippen molar-refractivity contribution in [2.24, 2.45) is 5.92 Å². The van der Waals surface area contributed by atoms with Gasteiger partial charge >= 0.3 is 0 Å². The molecule has 1 aliphatic heterocycles. The lowest BCUT2D eigenvalue weighted by molar-refractivity contribution is 0.0899. The zero-order valence-electron chi connectivity index (χ0n) is 11.3. The molecule has 1 atom stereocenters. The van der Waals surface area contributed by atoms with Crippen LogP contribution >= 0.6 is 12.4 Å². The number of nitrogens with one attached hydrogen (secondary N) is 2. The fourth-order valence-corrected chi connectivity index (χ4v) is 2.79. The fourth-order valence-electron chi connectivity index (χ4n) is 2.23. The fraction of sp³-hybridized carbons (Fsp3) is 0.462. The number of piperidine rings is 1.